The fourth-order valence-electron chi connectivity index (χ4n) is 4.99. The molecule has 0 aliphatic carbocycles. The van der Waals surface area contributed by atoms with E-state index in [9.17, 15) is 5.11 Å². The number of unbranched alkanes of at least 4 members (excludes halogenated alkanes) is 8. The number of benzene rings is 2. The molecule has 1 fully saturated rings. The second-order valence-electron chi connectivity index (χ2n) is 11.2. The Labute approximate surface area is 262 Å². The quantitative estimate of drug-likeness (QED) is 0.158. The van der Waals surface area contributed by atoms with Gasteiger partial charge in [-0.15, -0.1) is 24.8 Å². The summed E-state index contributed by atoms with van der Waals surface area (Å²) < 4.78 is 11.5. The summed E-state index contributed by atoms with van der Waals surface area (Å²) >= 11 is 0. The first-order valence-electron chi connectivity index (χ1n) is 15.4. The van der Waals surface area contributed by atoms with Gasteiger partial charge in [0.1, 0.15) is 24.2 Å². The van der Waals surface area contributed by atoms with Crippen LogP contribution in [0.4, 0.5) is 5.69 Å². The van der Waals surface area contributed by atoms with Crippen molar-refractivity contribution in [1.82, 2.24) is 10.2 Å². The highest BCUT2D eigenvalue weighted by molar-refractivity contribution is 5.85. The number of nitrogens with zero attached hydrogens (tertiary/aromatic N) is 2. The van der Waals surface area contributed by atoms with Crippen LogP contribution >= 0.6 is 24.8 Å². The molecule has 1 atom stereocenters. The van der Waals surface area contributed by atoms with E-state index in [0.29, 0.717) is 12.6 Å². The molecule has 2 aromatic carbocycles. The minimum absolute atomic E-state index is 0. The predicted molar refractivity (Wildman–Crippen MR) is 178 cm³/mol. The number of hydrogen-bond acceptors (Lipinski definition) is 6. The van der Waals surface area contributed by atoms with E-state index < -0.39 is 6.10 Å². The zero-order valence-corrected chi connectivity index (χ0v) is 27.0. The lowest BCUT2D eigenvalue weighted by Crippen LogP contribution is -2.46. The van der Waals surface area contributed by atoms with Gasteiger partial charge in [-0.1, -0.05) is 77.0 Å². The topological polar surface area (TPSA) is 57.2 Å². The summed E-state index contributed by atoms with van der Waals surface area (Å²) in [5.74, 6) is 1.63. The van der Waals surface area contributed by atoms with Gasteiger partial charge in [-0.3, -0.25) is 4.90 Å². The molecule has 0 aromatic heterocycles. The minimum atomic E-state index is -0.513. The maximum atomic E-state index is 9.95. The number of halogens is 2. The van der Waals surface area contributed by atoms with Gasteiger partial charge in [-0.05, 0) is 55.8 Å². The number of ether oxygens (including phenoxy) is 2. The zero-order chi connectivity index (χ0) is 27.5. The van der Waals surface area contributed by atoms with E-state index in [-0.39, 0.29) is 31.4 Å². The number of aliphatic hydroxyl groups is 1. The lowest BCUT2D eigenvalue weighted by Gasteiger charge is -2.36. The molecule has 6 nitrogen and oxygen atoms in total. The molecule has 1 unspecified atom stereocenters. The number of piperazine rings is 1. The van der Waals surface area contributed by atoms with Gasteiger partial charge in [-0.2, -0.15) is 0 Å². The fourth-order valence-corrected chi connectivity index (χ4v) is 4.99. The molecule has 0 amide bonds. The number of aliphatic hydroxyl groups excluding tert-OH is 1. The molecule has 41 heavy (non-hydrogen) atoms. The average Bonchev–Trinajstić information content (AvgIpc) is 2.97. The maximum Gasteiger partial charge on any atom is 0.119 e. The smallest absolute Gasteiger partial charge is 0.119 e. The summed E-state index contributed by atoms with van der Waals surface area (Å²) in [6, 6.07) is 18.9. The summed E-state index contributed by atoms with van der Waals surface area (Å²) in [7, 11) is 0. The summed E-state index contributed by atoms with van der Waals surface area (Å²) in [6.07, 6.45) is 11.3. The number of hydrogen-bond donors (Lipinski definition) is 2. The number of rotatable bonds is 20. The van der Waals surface area contributed by atoms with Crippen LogP contribution in [0.3, 0.4) is 0 Å². The van der Waals surface area contributed by atoms with Gasteiger partial charge in [0.25, 0.3) is 0 Å². The van der Waals surface area contributed by atoms with Gasteiger partial charge < -0.3 is 24.8 Å². The van der Waals surface area contributed by atoms with Gasteiger partial charge in [0, 0.05) is 44.5 Å². The van der Waals surface area contributed by atoms with Gasteiger partial charge in [0.15, 0.2) is 0 Å². The molecule has 0 spiro atoms. The number of anilines is 1. The molecule has 2 N–H and O–H groups in total. The van der Waals surface area contributed by atoms with E-state index in [1.54, 1.807) is 0 Å². The molecule has 1 heterocycles. The number of para-hydroxylation sites is 1. The second-order valence-corrected chi connectivity index (χ2v) is 11.2. The van der Waals surface area contributed by atoms with Crippen LogP contribution in [0.15, 0.2) is 54.6 Å². The van der Waals surface area contributed by atoms with Crippen molar-refractivity contribution in [3.05, 3.63) is 54.6 Å². The van der Waals surface area contributed by atoms with Crippen LogP contribution in [0.2, 0.25) is 0 Å². The van der Waals surface area contributed by atoms with Crippen LogP contribution in [0.1, 0.15) is 71.6 Å². The van der Waals surface area contributed by atoms with Crippen molar-refractivity contribution in [3.8, 4) is 11.5 Å². The summed E-state index contributed by atoms with van der Waals surface area (Å²) in [5, 5.41) is 13.2. The first-order valence-corrected chi connectivity index (χ1v) is 15.4. The Hall–Kier alpha value is -1.70. The molecule has 0 saturated carbocycles. The third-order valence-electron chi connectivity index (χ3n) is 7.41. The van der Waals surface area contributed by atoms with Crippen molar-refractivity contribution in [3.63, 3.8) is 0 Å². The van der Waals surface area contributed by atoms with Crippen LogP contribution in [-0.4, -0.2) is 74.6 Å². The Kier molecular flexibility index (Phi) is 20.8. The first kappa shape index (κ1) is 37.3. The van der Waals surface area contributed by atoms with E-state index in [1.165, 1.54) is 76.7 Å². The van der Waals surface area contributed by atoms with Crippen molar-refractivity contribution >= 4 is 30.5 Å². The van der Waals surface area contributed by atoms with Gasteiger partial charge >= 0.3 is 0 Å². The van der Waals surface area contributed by atoms with E-state index >= 15 is 0 Å². The van der Waals surface area contributed by atoms with Crippen molar-refractivity contribution in [2.75, 3.05) is 57.4 Å². The Morgan fingerprint density at radius 2 is 1.24 bits per heavy atom. The van der Waals surface area contributed by atoms with Gasteiger partial charge in [-0.25, -0.2) is 0 Å². The molecule has 234 valence electrons. The third-order valence-corrected chi connectivity index (χ3v) is 7.41. The SMILES string of the molecule is CC(C)NCC(O)COc1ccc(OCCCCCCCCCCCN2CCN(c3ccccc3)CC2)cc1.Cl.Cl. The monoisotopic (exact) mass is 611 g/mol. The number of nitrogens with one attached hydrogen (secondary N) is 1. The Morgan fingerprint density at radius 3 is 1.83 bits per heavy atom. The highest BCUT2D eigenvalue weighted by atomic mass is 35.5. The second kappa shape index (κ2) is 22.8. The maximum absolute atomic E-state index is 9.95. The van der Waals surface area contributed by atoms with Crippen molar-refractivity contribution in [2.24, 2.45) is 0 Å². The average molecular weight is 613 g/mol. The van der Waals surface area contributed by atoms with E-state index in [2.05, 4.69) is 59.3 Å². The minimum Gasteiger partial charge on any atom is -0.494 e. The summed E-state index contributed by atoms with van der Waals surface area (Å²) in [5.41, 5.74) is 1.37. The van der Waals surface area contributed by atoms with Gasteiger partial charge in [0.2, 0.25) is 0 Å². The van der Waals surface area contributed by atoms with Crippen LogP contribution in [0.25, 0.3) is 0 Å². The van der Waals surface area contributed by atoms with E-state index in [4.69, 9.17) is 9.47 Å². The molecule has 0 bridgehead atoms. The lowest BCUT2D eigenvalue weighted by molar-refractivity contribution is 0.104. The highest BCUT2D eigenvalue weighted by Gasteiger charge is 2.16. The largest absolute Gasteiger partial charge is 0.494 e. The Balaban J connectivity index is 0.00000420. The molecular weight excluding hydrogens is 557 g/mol. The molecule has 0 radical (unpaired) electrons. The van der Waals surface area contributed by atoms with Crippen molar-refractivity contribution in [2.45, 2.75) is 83.8 Å². The zero-order valence-electron chi connectivity index (χ0n) is 25.3. The van der Waals surface area contributed by atoms with Crippen LogP contribution in [0, 0.1) is 0 Å². The van der Waals surface area contributed by atoms with E-state index in [0.717, 1.165) is 37.6 Å². The molecule has 8 heteroatoms. The lowest BCUT2D eigenvalue weighted by atomic mass is 10.1. The Morgan fingerprint density at radius 1 is 0.707 bits per heavy atom. The van der Waals surface area contributed by atoms with Crippen molar-refractivity contribution in [1.29, 1.82) is 0 Å². The van der Waals surface area contributed by atoms with Crippen molar-refractivity contribution < 1.29 is 14.6 Å². The normalized spacial score (nSPS) is 14.3. The van der Waals surface area contributed by atoms with Gasteiger partial charge in [0.05, 0.1) is 6.61 Å². The van der Waals surface area contributed by atoms with Crippen LogP contribution < -0.4 is 19.7 Å². The molecule has 3 rings (SSSR count). The van der Waals surface area contributed by atoms with Crippen LogP contribution in [0.5, 0.6) is 11.5 Å². The summed E-state index contributed by atoms with van der Waals surface area (Å²) in [4.78, 5) is 5.15. The fraction of sp³-hybridized carbons (Fsp3) is 0.636. The summed E-state index contributed by atoms with van der Waals surface area (Å²) in [6.45, 7) is 11.7. The molecule has 1 aliphatic heterocycles. The standard InChI is InChI=1S/C33H53N3O3.2ClH/c1-29(2)34-27-31(37)28-39-33-19-17-32(18-20-33)38-26-14-9-7-5-3-4-6-8-13-21-35-22-24-36(25-23-35)30-15-11-10-12-16-30;;/h10-12,15-20,29,31,34,37H,3-9,13-14,21-28H2,1-2H3;2*1H. The molecule has 1 aliphatic rings. The molecular formula is C33H55Cl2N3O3. The van der Waals surface area contributed by atoms with Crippen LogP contribution in [-0.2, 0) is 0 Å². The predicted octanol–water partition coefficient (Wildman–Crippen LogP) is 6.98. The first-order chi connectivity index (χ1) is 19.1. The Bertz CT molecular complexity index is 866. The molecule has 1 saturated heterocycles. The molecule has 2 aromatic rings. The van der Waals surface area contributed by atoms with E-state index in [1.807, 2.05) is 24.3 Å². The third kappa shape index (κ3) is 16.5. The highest BCUT2D eigenvalue weighted by Crippen LogP contribution is 2.19.